The smallest absolute Gasteiger partial charge is 0.124 e. The quantitative estimate of drug-likeness (QED) is 0.674. The van der Waals surface area contributed by atoms with E-state index in [-0.39, 0.29) is 6.61 Å². The van der Waals surface area contributed by atoms with Crippen molar-refractivity contribution in [2.45, 2.75) is 32.5 Å². The number of hydrogen-bond acceptors (Lipinski definition) is 4. The van der Waals surface area contributed by atoms with Crippen LogP contribution < -0.4 is 4.74 Å². The summed E-state index contributed by atoms with van der Waals surface area (Å²) in [6.07, 6.45) is 2.58. The van der Waals surface area contributed by atoms with E-state index in [2.05, 4.69) is 59.7 Å². The first-order valence-electron chi connectivity index (χ1n) is 10.1. The van der Waals surface area contributed by atoms with Crippen molar-refractivity contribution in [3.05, 3.63) is 77.9 Å². The Bertz CT molecular complexity index is 745. The Kier molecular flexibility index (Phi) is 7.66. The predicted octanol–water partition coefficient (Wildman–Crippen LogP) is 3.63. The van der Waals surface area contributed by atoms with Crippen molar-refractivity contribution >= 4 is 0 Å². The molecule has 1 N–H and O–H groups in total. The molecule has 1 fully saturated rings. The Morgan fingerprint density at radius 2 is 1.89 bits per heavy atom. The number of aliphatic hydroxyl groups excluding tert-OH is 1. The summed E-state index contributed by atoms with van der Waals surface area (Å²) in [6.45, 7) is 11.4. The molecule has 1 heterocycles. The molecule has 4 nitrogen and oxygen atoms in total. The fourth-order valence-corrected chi connectivity index (χ4v) is 3.82. The topological polar surface area (TPSA) is 35.9 Å². The van der Waals surface area contributed by atoms with Crippen LogP contribution in [0.15, 0.2) is 61.2 Å². The molecule has 2 aromatic carbocycles. The summed E-state index contributed by atoms with van der Waals surface area (Å²) >= 11 is 0. The van der Waals surface area contributed by atoms with Gasteiger partial charge in [0.05, 0.1) is 0 Å². The van der Waals surface area contributed by atoms with Gasteiger partial charge in [-0.3, -0.25) is 9.80 Å². The molecule has 150 valence electrons. The van der Waals surface area contributed by atoms with Crippen molar-refractivity contribution in [2.24, 2.45) is 0 Å². The lowest BCUT2D eigenvalue weighted by atomic mass is 10.1. The standard InChI is InChI=1S/C24H32N2O2/c1-3-16-28-24-7-5-4-6-22(24)18-25-13-14-26(23(19-25)12-15-27)17-21-10-8-20(2)9-11-21/h3-11,23,27H,1,12-19H2,2H3/t23-/m0/s1. The molecule has 3 rings (SSSR count). The average molecular weight is 381 g/mol. The van der Waals surface area contributed by atoms with E-state index in [0.29, 0.717) is 12.6 Å². The molecule has 1 atom stereocenters. The van der Waals surface area contributed by atoms with E-state index in [1.54, 1.807) is 6.08 Å². The first kappa shape index (κ1) is 20.6. The van der Waals surface area contributed by atoms with Crippen molar-refractivity contribution < 1.29 is 9.84 Å². The second-order valence-corrected chi connectivity index (χ2v) is 7.56. The molecular weight excluding hydrogens is 348 g/mol. The van der Waals surface area contributed by atoms with Gasteiger partial charge in [-0.1, -0.05) is 60.7 Å². The van der Waals surface area contributed by atoms with Gasteiger partial charge in [0.25, 0.3) is 0 Å². The van der Waals surface area contributed by atoms with Gasteiger partial charge in [-0.15, -0.1) is 0 Å². The zero-order chi connectivity index (χ0) is 19.8. The minimum atomic E-state index is 0.224. The van der Waals surface area contributed by atoms with Crippen molar-refractivity contribution in [1.29, 1.82) is 0 Å². The molecule has 0 amide bonds. The Hall–Kier alpha value is -2.14. The van der Waals surface area contributed by atoms with Gasteiger partial charge in [-0.25, -0.2) is 0 Å². The maximum Gasteiger partial charge on any atom is 0.124 e. The summed E-state index contributed by atoms with van der Waals surface area (Å²) in [4.78, 5) is 4.99. The molecule has 0 spiro atoms. The highest BCUT2D eigenvalue weighted by Crippen LogP contribution is 2.23. The third kappa shape index (κ3) is 5.68. The van der Waals surface area contributed by atoms with Gasteiger partial charge in [-0.2, -0.15) is 0 Å². The molecule has 0 saturated carbocycles. The Labute approximate surface area is 169 Å². The molecule has 1 aliphatic rings. The molecule has 4 heteroatoms. The highest BCUT2D eigenvalue weighted by Gasteiger charge is 2.27. The molecule has 1 saturated heterocycles. The summed E-state index contributed by atoms with van der Waals surface area (Å²) in [5.41, 5.74) is 3.84. The molecule has 0 bridgehead atoms. The Morgan fingerprint density at radius 3 is 2.64 bits per heavy atom. The third-order valence-electron chi connectivity index (χ3n) is 5.38. The number of hydrogen-bond donors (Lipinski definition) is 1. The van der Waals surface area contributed by atoms with Crippen LogP contribution in [-0.2, 0) is 13.1 Å². The minimum Gasteiger partial charge on any atom is -0.489 e. The molecule has 0 unspecified atom stereocenters. The number of para-hydroxylation sites is 1. The number of rotatable bonds is 9. The molecule has 28 heavy (non-hydrogen) atoms. The number of benzene rings is 2. The largest absolute Gasteiger partial charge is 0.489 e. The van der Waals surface area contributed by atoms with Gasteiger partial charge in [-0.05, 0) is 25.0 Å². The summed E-state index contributed by atoms with van der Waals surface area (Å²) < 4.78 is 5.82. The molecule has 0 radical (unpaired) electrons. The maximum absolute atomic E-state index is 9.58. The van der Waals surface area contributed by atoms with Gasteiger partial charge in [0, 0.05) is 50.9 Å². The third-order valence-corrected chi connectivity index (χ3v) is 5.38. The maximum atomic E-state index is 9.58. The van der Waals surface area contributed by atoms with Gasteiger partial charge < -0.3 is 9.84 Å². The molecule has 2 aromatic rings. The zero-order valence-electron chi connectivity index (χ0n) is 16.9. The highest BCUT2D eigenvalue weighted by molar-refractivity contribution is 5.33. The van der Waals surface area contributed by atoms with E-state index in [1.807, 2.05) is 12.1 Å². The second kappa shape index (κ2) is 10.4. The van der Waals surface area contributed by atoms with Crippen LogP contribution in [0.5, 0.6) is 5.75 Å². The normalized spacial score (nSPS) is 18.1. The van der Waals surface area contributed by atoms with Crippen LogP contribution in [0.3, 0.4) is 0 Å². The second-order valence-electron chi connectivity index (χ2n) is 7.56. The van der Waals surface area contributed by atoms with E-state index < -0.39 is 0 Å². The number of nitrogens with zero attached hydrogens (tertiary/aromatic N) is 2. The van der Waals surface area contributed by atoms with Crippen molar-refractivity contribution in [1.82, 2.24) is 9.80 Å². The van der Waals surface area contributed by atoms with Gasteiger partial charge in [0.2, 0.25) is 0 Å². The Balaban J connectivity index is 1.63. The molecule has 1 aliphatic heterocycles. The lowest BCUT2D eigenvalue weighted by Crippen LogP contribution is -2.52. The van der Waals surface area contributed by atoms with Crippen LogP contribution >= 0.6 is 0 Å². The van der Waals surface area contributed by atoms with Crippen LogP contribution in [0, 0.1) is 6.92 Å². The fraction of sp³-hybridized carbons (Fsp3) is 0.417. The number of aryl methyl sites for hydroxylation is 1. The monoisotopic (exact) mass is 380 g/mol. The van der Waals surface area contributed by atoms with Gasteiger partial charge in [0.15, 0.2) is 0 Å². The first-order valence-corrected chi connectivity index (χ1v) is 10.1. The van der Waals surface area contributed by atoms with Crippen LogP contribution in [0.1, 0.15) is 23.1 Å². The number of piperazine rings is 1. The number of aliphatic hydroxyl groups is 1. The van der Waals surface area contributed by atoms with Crippen molar-refractivity contribution in [3.8, 4) is 5.75 Å². The van der Waals surface area contributed by atoms with Crippen LogP contribution in [-0.4, -0.2) is 53.8 Å². The average Bonchev–Trinajstić information content (AvgIpc) is 2.71. The lowest BCUT2D eigenvalue weighted by molar-refractivity contribution is 0.0496. The van der Waals surface area contributed by atoms with Crippen molar-refractivity contribution in [2.75, 3.05) is 32.8 Å². The Morgan fingerprint density at radius 1 is 1.11 bits per heavy atom. The molecule has 0 aromatic heterocycles. The van der Waals surface area contributed by atoms with E-state index >= 15 is 0 Å². The van der Waals surface area contributed by atoms with Crippen molar-refractivity contribution in [3.63, 3.8) is 0 Å². The highest BCUT2D eigenvalue weighted by atomic mass is 16.5. The molecule has 0 aliphatic carbocycles. The minimum absolute atomic E-state index is 0.224. The van der Waals surface area contributed by atoms with Crippen LogP contribution in [0.25, 0.3) is 0 Å². The SMILES string of the molecule is C=CCOc1ccccc1CN1CCN(Cc2ccc(C)cc2)[C@@H](CCO)C1. The zero-order valence-corrected chi connectivity index (χ0v) is 16.9. The fourth-order valence-electron chi connectivity index (χ4n) is 3.82. The lowest BCUT2D eigenvalue weighted by Gasteiger charge is -2.41. The summed E-state index contributed by atoms with van der Waals surface area (Å²) in [5, 5.41) is 9.58. The summed E-state index contributed by atoms with van der Waals surface area (Å²) in [6, 6.07) is 17.4. The van der Waals surface area contributed by atoms with E-state index in [0.717, 1.165) is 44.9 Å². The van der Waals surface area contributed by atoms with E-state index in [4.69, 9.17) is 4.74 Å². The first-order chi connectivity index (χ1) is 13.7. The summed E-state index contributed by atoms with van der Waals surface area (Å²) in [7, 11) is 0. The van der Waals surface area contributed by atoms with Crippen LogP contribution in [0.2, 0.25) is 0 Å². The van der Waals surface area contributed by atoms with E-state index in [1.165, 1.54) is 16.7 Å². The number of ether oxygens (including phenoxy) is 1. The molecular formula is C24H32N2O2. The van der Waals surface area contributed by atoms with Gasteiger partial charge in [0.1, 0.15) is 12.4 Å². The van der Waals surface area contributed by atoms with E-state index in [9.17, 15) is 5.11 Å². The van der Waals surface area contributed by atoms with Gasteiger partial charge >= 0.3 is 0 Å². The summed E-state index contributed by atoms with van der Waals surface area (Å²) in [5.74, 6) is 0.934. The predicted molar refractivity (Wildman–Crippen MR) is 114 cm³/mol. The van der Waals surface area contributed by atoms with Crippen LogP contribution in [0.4, 0.5) is 0 Å².